The van der Waals surface area contributed by atoms with Gasteiger partial charge in [0.1, 0.15) is 0 Å². The van der Waals surface area contributed by atoms with Crippen molar-refractivity contribution >= 4 is 0 Å². The highest BCUT2D eigenvalue weighted by Crippen LogP contribution is 2.54. The highest BCUT2D eigenvalue weighted by Gasteiger charge is 2.48. The molecule has 0 saturated heterocycles. The second-order valence-electron chi connectivity index (χ2n) is 6.58. The fraction of sp³-hybridized carbons (Fsp3) is 0.867. The van der Waals surface area contributed by atoms with Crippen LogP contribution in [0.25, 0.3) is 0 Å². The van der Waals surface area contributed by atoms with Gasteiger partial charge >= 0.3 is 0 Å². The van der Waals surface area contributed by atoms with Gasteiger partial charge in [-0.1, -0.05) is 32.9 Å². The van der Waals surface area contributed by atoms with Crippen molar-refractivity contribution in [3.05, 3.63) is 12.2 Å². The van der Waals surface area contributed by atoms with E-state index in [1.54, 1.807) is 0 Å². The summed E-state index contributed by atoms with van der Waals surface area (Å²) in [4.78, 5) is 0. The van der Waals surface area contributed by atoms with Crippen LogP contribution < -0.4 is 0 Å². The van der Waals surface area contributed by atoms with Crippen LogP contribution in [0.3, 0.4) is 0 Å². The molecule has 2 fully saturated rings. The number of hydrogen-bond donors (Lipinski definition) is 1. The van der Waals surface area contributed by atoms with Gasteiger partial charge in [-0.15, -0.1) is 0 Å². The molecule has 2 aliphatic rings. The van der Waals surface area contributed by atoms with E-state index in [4.69, 9.17) is 0 Å². The Morgan fingerprint density at radius 3 is 2.69 bits per heavy atom. The number of aliphatic hydroxyl groups excluding tert-OH is 1. The molecule has 16 heavy (non-hydrogen) atoms. The molecular weight excluding hydrogens is 196 g/mol. The zero-order valence-corrected chi connectivity index (χ0v) is 11.0. The van der Waals surface area contributed by atoms with Gasteiger partial charge in [-0.25, -0.2) is 0 Å². The minimum Gasteiger partial charge on any atom is -0.392 e. The predicted molar refractivity (Wildman–Crippen MR) is 68.2 cm³/mol. The smallest absolute Gasteiger partial charge is 0.0641 e. The van der Waals surface area contributed by atoms with Gasteiger partial charge in [0.15, 0.2) is 0 Å². The first kappa shape index (κ1) is 12.2. The van der Waals surface area contributed by atoms with Crippen LogP contribution >= 0.6 is 0 Å². The number of aliphatic hydroxyl groups is 1. The lowest BCUT2D eigenvalue weighted by molar-refractivity contribution is -0.0669. The summed E-state index contributed by atoms with van der Waals surface area (Å²) < 4.78 is 0. The summed E-state index contributed by atoms with van der Waals surface area (Å²) in [7, 11) is 0. The number of rotatable bonds is 1. The van der Waals surface area contributed by atoms with Crippen LogP contribution in [0.1, 0.15) is 52.9 Å². The Morgan fingerprint density at radius 1 is 1.38 bits per heavy atom. The highest BCUT2D eigenvalue weighted by molar-refractivity contribution is 5.15. The first-order chi connectivity index (χ1) is 7.46. The maximum Gasteiger partial charge on any atom is 0.0641 e. The van der Waals surface area contributed by atoms with Crippen molar-refractivity contribution < 1.29 is 5.11 Å². The summed E-state index contributed by atoms with van der Waals surface area (Å²) in [5, 5.41) is 10.6. The van der Waals surface area contributed by atoms with E-state index in [9.17, 15) is 5.11 Å². The summed E-state index contributed by atoms with van der Waals surface area (Å²) >= 11 is 0. The zero-order valence-electron chi connectivity index (χ0n) is 11.0. The van der Waals surface area contributed by atoms with E-state index in [0.717, 1.165) is 6.42 Å². The second kappa shape index (κ2) is 4.18. The normalized spacial score (nSPS) is 44.6. The van der Waals surface area contributed by atoms with Crippen molar-refractivity contribution in [3.63, 3.8) is 0 Å². The topological polar surface area (TPSA) is 20.2 Å². The van der Waals surface area contributed by atoms with Gasteiger partial charge in [0, 0.05) is 5.92 Å². The molecule has 0 bridgehead atoms. The second-order valence-corrected chi connectivity index (χ2v) is 6.58. The molecule has 0 radical (unpaired) electrons. The monoisotopic (exact) mass is 222 g/mol. The molecule has 92 valence electrons. The Kier molecular flexibility index (Phi) is 3.18. The van der Waals surface area contributed by atoms with Crippen LogP contribution in [0.5, 0.6) is 0 Å². The molecule has 0 heterocycles. The fourth-order valence-corrected chi connectivity index (χ4v) is 4.10. The lowest BCUT2D eigenvalue weighted by atomic mass is 9.54. The van der Waals surface area contributed by atoms with Crippen molar-refractivity contribution in [2.45, 2.75) is 59.0 Å². The molecule has 0 aliphatic heterocycles. The van der Waals surface area contributed by atoms with Crippen LogP contribution in [0.15, 0.2) is 12.2 Å². The van der Waals surface area contributed by atoms with Gasteiger partial charge in [-0.05, 0) is 49.4 Å². The van der Waals surface area contributed by atoms with Crippen LogP contribution in [0.2, 0.25) is 0 Å². The molecule has 0 unspecified atom stereocenters. The van der Waals surface area contributed by atoms with Crippen molar-refractivity contribution in [3.8, 4) is 0 Å². The Labute approximate surface area is 99.9 Å². The van der Waals surface area contributed by atoms with E-state index < -0.39 is 0 Å². The standard InChI is InChI=1S/C15H26O/c1-10(2)12-7-9-15(4)8-5-6-11(3)13(15)14(12)16/h10,12-14,16H,3,5-9H2,1-2,4H3/t12-,13+,14-,15-/m1/s1. The largest absolute Gasteiger partial charge is 0.392 e. The molecular formula is C15H26O. The molecule has 0 spiro atoms. The average Bonchev–Trinajstić information content (AvgIpc) is 2.16. The Morgan fingerprint density at radius 2 is 2.06 bits per heavy atom. The van der Waals surface area contributed by atoms with Gasteiger partial charge in [0.05, 0.1) is 6.10 Å². The molecule has 0 aromatic heterocycles. The molecule has 2 aliphatic carbocycles. The summed E-state index contributed by atoms with van der Waals surface area (Å²) in [5.41, 5.74) is 1.65. The minimum absolute atomic E-state index is 0.147. The Hall–Kier alpha value is -0.300. The van der Waals surface area contributed by atoms with Gasteiger partial charge in [-0.2, -0.15) is 0 Å². The minimum atomic E-state index is -0.147. The van der Waals surface area contributed by atoms with E-state index in [2.05, 4.69) is 27.4 Å². The average molecular weight is 222 g/mol. The third-order valence-corrected chi connectivity index (χ3v) is 5.12. The maximum absolute atomic E-state index is 10.6. The summed E-state index contributed by atoms with van der Waals surface area (Å²) in [6.07, 6.45) is 5.99. The summed E-state index contributed by atoms with van der Waals surface area (Å²) in [6.45, 7) is 11.1. The molecule has 4 atom stereocenters. The summed E-state index contributed by atoms with van der Waals surface area (Å²) in [5.74, 6) is 1.43. The van der Waals surface area contributed by atoms with Crippen LogP contribution in [-0.4, -0.2) is 11.2 Å². The molecule has 1 heteroatoms. The van der Waals surface area contributed by atoms with E-state index in [1.807, 2.05) is 0 Å². The van der Waals surface area contributed by atoms with E-state index in [1.165, 1.54) is 31.3 Å². The maximum atomic E-state index is 10.6. The molecule has 0 aromatic carbocycles. The van der Waals surface area contributed by atoms with Crippen molar-refractivity contribution in [1.82, 2.24) is 0 Å². The molecule has 1 N–H and O–H groups in total. The Bertz CT molecular complexity index is 281. The van der Waals surface area contributed by atoms with Gasteiger partial charge in [0.25, 0.3) is 0 Å². The Balaban J connectivity index is 2.24. The van der Waals surface area contributed by atoms with Crippen molar-refractivity contribution in [2.75, 3.05) is 0 Å². The highest BCUT2D eigenvalue weighted by atomic mass is 16.3. The quantitative estimate of drug-likeness (QED) is 0.669. The van der Waals surface area contributed by atoms with Crippen LogP contribution in [0.4, 0.5) is 0 Å². The first-order valence-corrected chi connectivity index (χ1v) is 6.81. The van der Waals surface area contributed by atoms with Gasteiger partial charge in [-0.3, -0.25) is 0 Å². The fourth-order valence-electron chi connectivity index (χ4n) is 4.10. The van der Waals surface area contributed by atoms with E-state index in [0.29, 0.717) is 23.2 Å². The molecule has 2 rings (SSSR count). The lowest BCUT2D eigenvalue weighted by Crippen LogP contribution is -2.48. The predicted octanol–water partition coefficient (Wildman–Crippen LogP) is 3.78. The molecule has 0 aromatic rings. The zero-order chi connectivity index (χ0) is 11.9. The molecule has 0 amide bonds. The summed E-state index contributed by atoms with van der Waals surface area (Å²) in [6, 6.07) is 0. The number of fused-ring (bicyclic) bond motifs is 1. The molecule has 2 saturated carbocycles. The van der Waals surface area contributed by atoms with Gasteiger partial charge in [0.2, 0.25) is 0 Å². The number of hydrogen-bond acceptors (Lipinski definition) is 1. The molecule has 1 nitrogen and oxygen atoms in total. The van der Waals surface area contributed by atoms with Gasteiger partial charge < -0.3 is 5.11 Å². The van der Waals surface area contributed by atoms with E-state index in [-0.39, 0.29) is 6.10 Å². The lowest BCUT2D eigenvalue weighted by Gasteiger charge is -2.52. The van der Waals surface area contributed by atoms with E-state index >= 15 is 0 Å². The SMILES string of the molecule is C=C1CCC[C@]2(C)CC[C@H](C(C)C)[C@@H](O)[C@H]12. The van der Waals surface area contributed by atoms with Crippen LogP contribution in [0, 0.1) is 23.2 Å². The van der Waals surface area contributed by atoms with Crippen molar-refractivity contribution in [1.29, 1.82) is 0 Å². The van der Waals surface area contributed by atoms with Crippen LogP contribution in [-0.2, 0) is 0 Å². The van der Waals surface area contributed by atoms with Crippen molar-refractivity contribution in [2.24, 2.45) is 23.2 Å². The third-order valence-electron chi connectivity index (χ3n) is 5.12. The third kappa shape index (κ3) is 1.84. The first-order valence-electron chi connectivity index (χ1n) is 6.81.